The number of aliphatic hydroxyl groups is 1. The first-order valence-electron chi connectivity index (χ1n) is 32.9. The number of hydrogen-bond donors (Lipinski definition) is 9. The lowest BCUT2D eigenvalue weighted by atomic mass is 9.89. The van der Waals surface area contributed by atoms with Crippen LogP contribution < -0.4 is 43.0 Å². The van der Waals surface area contributed by atoms with Crippen LogP contribution in [0.4, 0.5) is 15.3 Å². The Labute approximate surface area is 562 Å². The zero-order chi connectivity index (χ0) is 70.1. The van der Waals surface area contributed by atoms with Crippen molar-refractivity contribution in [1.82, 2.24) is 51.6 Å². The summed E-state index contributed by atoms with van der Waals surface area (Å²) < 4.78 is 17.7. The van der Waals surface area contributed by atoms with Gasteiger partial charge in [-0.25, -0.2) is 14.6 Å². The molecule has 1 aromatic heterocycles. The van der Waals surface area contributed by atoms with Crippen molar-refractivity contribution in [2.24, 2.45) is 29.4 Å². The zero-order valence-corrected chi connectivity index (χ0v) is 58.0. The number of benzene rings is 2. The molecule has 0 aliphatic carbocycles. The highest BCUT2D eigenvalue weighted by Gasteiger charge is 2.44. The third-order valence-corrected chi connectivity index (χ3v) is 18.5. The number of nitrogens with one attached hydrogen (secondary N) is 7. The number of aromatic nitrogens is 1. The largest absolute Gasteiger partial charge is 0.495 e. The lowest BCUT2D eigenvalue weighted by Gasteiger charge is -2.41. The SMILES string of the molecule is CC[C@H](C)[C@@H]([C@@H](CC(=O)N1CCC[C@H]1[C@H](OC)[C@@H](C)C(=O)N[C@@H](Cc1ccccc1)c1nccs1)OC)N(C)C(=O)[C@@H](NC(=O)C(C)(C)NC(=O)OCc1ccc(NC(=O)[C@H](CCCNC(N)=O)NC(=O)[C@@H](NC(=O)CCCCCN2C(=O)CC=C2O)C(C)C)cc1)C(C)C. The number of carbonyl (C=O) groups excluding carboxylic acids is 10. The van der Waals surface area contributed by atoms with Gasteiger partial charge in [0, 0.05) is 64.6 Å². The van der Waals surface area contributed by atoms with Crippen LogP contribution in [0, 0.1) is 23.7 Å². The average Bonchev–Trinajstić information content (AvgIpc) is 1.79. The summed E-state index contributed by atoms with van der Waals surface area (Å²) in [5.74, 6) is -4.93. The van der Waals surface area contributed by atoms with Crippen LogP contribution in [0.1, 0.15) is 155 Å². The second-order valence-corrected chi connectivity index (χ2v) is 26.8. The summed E-state index contributed by atoms with van der Waals surface area (Å²) in [6, 6.07) is 10.9. The summed E-state index contributed by atoms with van der Waals surface area (Å²) in [6.07, 6.45) is 5.49. The number of urea groups is 1. The van der Waals surface area contributed by atoms with Crippen LogP contribution in [-0.4, -0.2) is 173 Å². The van der Waals surface area contributed by atoms with Crippen molar-refractivity contribution in [3.63, 3.8) is 0 Å². The molecule has 2 aromatic carbocycles. The number of aliphatic hydroxyl groups excluding tert-OH is 1. The Hall–Kier alpha value is -8.17. The molecule has 27 heteroatoms. The molecule has 0 unspecified atom stereocenters. The topological polar surface area (TPSA) is 351 Å². The number of ether oxygens (including phenoxy) is 3. The molecule has 2 aliphatic heterocycles. The Balaban J connectivity index is 1.15. The number of thiazole rings is 1. The van der Waals surface area contributed by atoms with Crippen molar-refractivity contribution >= 4 is 76.4 Å². The number of anilines is 1. The molecule has 0 bridgehead atoms. The second kappa shape index (κ2) is 37.8. The highest BCUT2D eigenvalue weighted by Crippen LogP contribution is 2.31. The molecule has 1 fully saturated rings. The fraction of sp³-hybridized carbons (Fsp3) is 0.603. The maximum absolute atomic E-state index is 14.7. The molecule has 10 atom stereocenters. The van der Waals surface area contributed by atoms with Crippen LogP contribution in [0.5, 0.6) is 0 Å². The second-order valence-electron chi connectivity index (χ2n) is 25.8. The number of nitrogens with zero attached hydrogens (tertiary/aromatic N) is 4. The summed E-state index contributed by atoms with van der Waals surface area (Å²) in [5.41, 5.74) is 5.55. The van der Waals surface area contributed by atoms with Gasteiger partial charge in [-0.15, -0.1) is 11.3 Å². The Morgan fingerprint density at radius 1 is 0.832 bits per heavy atom. The Kier molecular flexibility index (Phi) is 30.8. The molecule has 0 spiro atoms. The van der Waals surface area contributed by atoms with E-state index in [1.54, 1.807) is 82.1 Å². The van der Waals surface area contributed by atoms with Gasteiger partial charge in [0.15, 0.2) is 5.88 Å². The van der Waals surface area contributed by atoms with Gasteiger partial charge >= 0.3 is 12.1 Å². The summed E-state index contributed by atoms with van der Waals surface area (Å²) in [4.78, 5) is 144. The molecule has 10 N–H and O–H groups in total. The number of unbranched alkanes of at least 4 members (excludes halogenated alkanes) is 2. The number of hydrogen-bond acceptors (Lipinski definition) is 16. The number of methoxy groups -OCH3 is 2. The lowest BCUT2D eigenvalue weighted by Crippen LogP contribution is -2.62. The van der Waals surface area contributed by atoms with E-state index in [1.165, 1.54) is 43.3 Å². The monoisotopic (exact) mass is 1340 g/mol. The van der Waals surface area contributed by atoms with Crippen molar-refractivity contribution in [3.05, 3.63) is 94.3 Å². The van der Waals surface area contributed by atoms with Gasteiger partial charge in [-0.1, -0.05) is 104 Å². The number of rotatable bonds is 38. The van der Waals surface area contributed by atoms with Gasteiger partial charge in [-0.05, 0) is 106 Å². The van der Waals surface area contributed by atoms with Crippen LogP contribution in [0.25, 0.3) is 0 Å². The summed E-state index contributed by atoms with van der Waals surface area (Å²) in [7, 11) is 4.69. The van der Waals surface area contributed by atoms with Crippen LogP contribution >= 0.6 is 11.3 Å². The maximum atomic E-state index is 14.7. The number of amides is 11. The zero-order valence-electron chi connectivity index (χ0n) is 57.2. The molecule has 0 saturated carbocycles. The summed E-state index contributed by atoms with van der Waals surface area (Å²) in [5, 5.41) is 32.0. The minimum atomic E-state index is -1.59. The van der Waals surface area contributed by atoms with E-state index < -0.39 is 95.5 Å². The highest BCUT2D eigenvalue weighted by molar-refractivity contribution is 7.09. The Morgan fingerprint density at radius 2 is 1.53 bits per heavy atom. The number of likely N-dealkylation sites (N-methyl/N-ethyl adjacent to an activating group) is 1. The fourth-order valence-corrected chi connectivity index (χ4v) is 12.5. The summed E-state index contributed by atoms with van der Waals surface area (Å²) in [6.45, 7) is 16.5. The van der Waals surface area contributed by atoms with Crippen molar-refractivity contribution < 1.29 is 67.3 Å². The quantitative estimate of drug-likeness (QED) is 0.0276. The smallest absolute Gasteiger partial charge is 0.408 e. The van der Waals surface area contributed by atoms with E-state index in [4.69, 9.17) is 19.9 Å². The van der Waals surface area contributed by atoms with Gasteiger partial charge in [-0.2, -0.15) is 0 Å². The van der Waals surface area contributed by atoms with E-state index in [-0.39, 0.29) is 92.6 Å². The average molecular weight is 1340 g/mol. The predicted molar refractivity (Wildman–Crippen MR) is 360 cm³/mol. The first-order valence-corrected chi connectivity index (χ1v) is 33.8. The standard InChI is InChI=1S/C68H102N12O14S/c1-13-43(6)58(51(92-11)39-55(84)79-36-21-25-50(79)59(93-12)44(7)60(85)74-49(63-70-34-37-95-63)38-45-22-16-14-17-23-45)78(10)64(88)57(42(4)5)76-65(89)68(8,9)77-67(91)94-40-46-27-29-47(30-28-46)72-61(86)48(24-20-33-71-66(69)90)73-62(87)56(41(2)3)75-52(81)26-18-15-19-35-80-53(82)31-32-54(80)83/h14,16-17,22-23,27-31,34,37,41-44,48-51,56-59,82H,13,15,18-21,24-26,32-33,35-36,38-40H2,1-12H3,(H,72,86)(H,73,87)(H,74,85)(H,75,81)(H,76,89)(H,77,91)(H3,69,71,90)/t43-,44+,48-,49-,50-,51+,56-,57-,58-,59+/m0/s1. The predicted octanol–water partition coefficient (Wildman–Crippen LogP) is 6.51. The lowest BCUT2D eigenvalue weighted by molar-refractivity contribution is -0.148. The molecule has 1 saturated heterocycles. The van der Waals surface area contributed by atoms with Crippen molar-refractivity contribution in [3.8, 4) is 0 Å². The first kappa shape index (κ1) is 77.5. The van der Waals surface area contributed by atoms with Gasteiger partial charge in [0.25, 0.3) is 0 Å². The van der Waals surface area contributed by atoms with E-state index in [1.807, 2.05) is 56.5 Å². The van der Waals surface area contributed by atoms with Gasteiger partial charge < -0.3 is 72.1 Å². The minimum absolute atomic E-state index is 0.0683. The molecule has 2 aliphatic rings. The molecule has 95 heavy (non-hydrogen) atoms. The van der Waals surface area contributed by atoms with Gasteiger partial charge in [0.2, 0.25) is 47.3 Å². The van der Waals surface area contributed by atoms with E-state index in [0.717, 1.165) is 10.6 Å². The number of primary amides is 1. The summed E-state index contributed by atoms with van der Waals surface area (Å²) >= 11 is 1.47. The molecule has 5 rings (SSSR count). The van der Waals surface area contributed by atoms with Crippen LogP contribution in [0.2, 0.25) is 0 Å². The molecule has 3 heterocycles. The van der Waals surface area contributed by atoms with E-state index in [0.29, 0.717) is 69.3 Å². The third-order valence-electron chi connectivity index (χ3n) is 17.6. The molecule has 0 radical (unpaired) electrons. The highest BCUT2D eigenvalue weighted by atomic mass is 32.1. The molecular weight excluding hydrogens is 1240 g/mol. The first-order chi connectivity index (χ1) is 45.1. The number of alkyl carbamates (subject to hydrolysis) is 1. The van der Waals surface area contributed by atoms with E-state index >= 15 is 0 Å². The molecule has 11 amide bonds. The van der Waals surface area contributed by atoms with E-state index in [9.17, 15) is 53.1 Å². The van der Waals surface area contributed by atoms with Crippen LogP contribution in [-0.2, 0) is 65.6 Å². The Bertz CT molecular complexity index is 3060. The molecular formula is C68H102N12O14S. The van der Waals surface area contributed by atoms with Gasteiger partial charge in [-0.3, -0.25) is 43.3 Å². The fourth-order valence-electron chi connectivity index (χ4n) is 11.9. The third kappa shape index (κ3) is 23.3. The van der Waals surface area contributed by atoms with Crippen molar-refractivity contribution in [2.45, 2.75) is 200 Å². The van der Waals surface area contributed by atoms with Gasteiger partial charge in [0.05, 0.1) is 49.1 Å². The minimum Gasteiger partial charge on any atom is -0.495 e. The molecule has 3 aromatic rings. The van der Waals surface area contributed by atoms with Crippen molar-refractivity contribution in [2.75, 3.05) is 46.2 Å². The normalized spacial score (nSPS) is 16.8. The van der Waals surface area contributed by atoms with Gasteiger partial charge in [0.1, 0.15) is 35.3 Å². The maximum Gasteiger partial charge on any atom is 0.408 e. The van der Waals surface area contributed by atoms with Crippen molar-refractivity contribution in [1.29, 1.82) is 0 Å². The van der Waals surface area contributed by atoms with Crippen LogP contribution in [0.15, 0.2) is 78.1 Å². The Morgan fingerprint density at radius 3 is 2.13 bits per heavy atom. The molecule has 26 nitrogen and oxygen atoms in total. The number of carbonyl (C=O) groups is 10. The van der Waals surface area contributed by atoms with Crippen LogP contribution in [0.3, 0.4) is 0 Å². The molecule has 524 valence electrons. The van der Waals surface area contributed by atoms with E-state index in [2.05, 4.69) is 42.2 Å². The number of nitrogens with two attached hydrogens (primary N) is 1. The number of likely N-dealkylation sites (tertiary alicyclic amines) is 1.